The number of hydrogen-bond acceptors (Lipinski definition) is 4. The van der Waals surface area contributed by atoms with Crippen molar-refractivity contribution in [3.63, 3.8) is 0 Å². The Hall–Kier alpha value is -0.710. The summed E-state index contributed by atoms with van der Waals surface area (Å²) >= 11 is 1.80. The highest BCUT2D eigenvalue weighted by atomic mass is 32.2. The predicted octanol–water partition coefficient (Wildman–Crippen LogP) is 2.38. The summed E-state index contributed by atoms with van der Waals surface area (Å²) < 4.78 is 5.63. The Morgan fingerprint density at radius 3 is 2.47 bits per heavy atom. The van der Waals surface area contributed by atoms with E-state index in [1.54, 1.807) is 11.8 Å². The van der Waals surface area contributed by atoms with Crippen LogP contribution >= 0.6 is 11.8 Å². The summed E-state index contributed by atoms with van der Waals surface area (Å²) in [4.78, 5) is 0. The van der Waals surface area contributed by atoms with Crippen molar-refractivity contribution in [2.75, 3.05) is 25.2 Å². The van der Waals surface area contributed by atoms with Gasteiger partial charge < -0.3 is 15.2 Å². The van der Waals surface area contributed by atoms with Gasteiger partial charge in [0.05, 0.1) is 0 Å². The van der Waals surface area contributed by atoms with Crippen molar-refractivity contribution in [3.8, 4) is 5.75 Å². The van der Waals surface area contributed by atoms with Crippen LogP contribution in [0.25, 0.3) is 0 Å². The van der Waals surface area contributed by atoms with Crippen molar-refractivity contribution in [3.05, 3.63) is 29.3 Å². The first kappa shape index (κ1) is 16.3. The third kappa shape index (κ3) is 6.85. The number of aliphatic hydroxyl groups excluding tert-OH is 1. The minimum atomic E-state index is -0.481. The van der Waals surface area contributed by atoms with Gasteiger partial charge in [-0.25, -0.2) is 0 Å². The van der Waals surface area contributed by atoms with Crippen molar-refractivity contribution >= 4 is 11.8 Å². The van der Waals surface area contributed by atoms with Gasteiger partial charge in [-0.15, -0.1) is 0 Å². The van der Waals surface area contributed by atoms with E-state index in [9.17, 15) is 5.11 Å². The predicted molar refractivity (Wildman–Crippen MR) is 83.3 cm³/mol. The SMILES string of the molecule is CSCC(C)NCC(O)COc1cc(C)cc(C)c1. The summed E-state index contributed by atoms with van der Waals surface area (Å²) in [5.41, 5.74) is 2.35. The van der Waals surface area contributed by atoms with Crippen molar-refractivity contribution in [2.45, 2.75) is 32.9 Å². The Balaban J connectivity index is 2.31. The zero-order valence-corrected chi connectivity index (χ0v) is 13.1. The van der Waals surface area contributed by atoms with E-state index in [2.05, 4.69) is 24.6 Å². The van der Waals surface area contributed by atoms with Crippen LogP contribution in [0.3, 0.4) is 0 Å². The van der Waals surface area contributed by atoms with Crippen LogP contribution in [-0.2, 0) is 0 Å². The van der Waals surface area contributed by atoms with E-state index >= 15 is 0 Å². The standard InChI is InChI=1S/C15H25NO2S/c1-11-5-12(2)7-15(6-11)18-9-14(17)8-16-13(3)10-19-4/h5-7,13-14,16-17H,8-10H2,1-4H3. The molecule has 0 spiro atoms. The smallest absolute Gasteiger partial charge is 0.119 e. The molecule has 4 heteroatoms. The lowest BCUT2D eigenvalue weighted by molar-refractivity contribution is 0.105. The van der Waals surface area contributed by atoms with Crippen molar-refractivity contribution in [1.82, 2.24) is 5.32 Å². The van der Waals surface area contributed by atoms with Crippen LogP contribution in [0, 0.1) is 13.8 Å². The maximum absolute atomic E-state index is 9.87. The quantitative estimate of drug-likeness (QED) is 0.768. The molecule has 0 heterocycles. The number of nitrogens with one attached hydrogen (secondary N) is 1. The number of ether oxygens (including phenoxy) is 1. The van der Waals surface area contributed by atoms with Crippen LogP contribution in [-0.4, -0.2) is 42.4 Å². The van der Waals surface area contributed by atoms with Gasteiger partial charge in [0.25, 0.3) is 0 Å². The second-order valence-corrected chi connectivity index (χ2v) is 5.96. The molecule has 0 fully saturated rings. The highest BCUT2D eigenvalue weighted by Crippen LogP contribution is 2.16. The monoisotopic (exact) mass is 283 g/mol. The molecule has 2 unspecified atom stereocenters. The Morgan fingerprint density at radius 2 is 1.89 bits per heavy atom. The molecular weight excluding hydrogens is 258 g/mol. The fourth-order valence-electron chi connectivity index (χ4n) is 1.91. The molecule has 1 aromatic rings. The number of aliphatic hydroxyl groups is 1. The summed E-state index contributed by atoms with van der Waals surface area (Å²) in [7, 11) is 0. The van der Waals surface area contributed by atoms with E-state index in [0.29, 0.717) is 19.2 Å². The lowest BCUT2D eigenvalue weighted by Crippen LogP contribution is -2.37. The fraction of sp³-hybridized carbons (Fsp3) is 0.600. The molecule has 2 atom stereocenters. The Kier molecular flexibility index (Phi) is 7.28. The van der Waals surface area contributed by atoms with E-state index in [0.717, 1.165) is 11.5 Å². The largest absolute Gasteiger partial charge is 0.491 e. The normalized spacial score (nSPS) is 14.2. The topological polar surface area (TPSA) is 41.5 Å². The molecule has 0 aromatic heterocycles. The van der Waals surface area contributed by atoms with Gasteiger partial charge in [0, 0.05) is 18.3 Å². The second-order valence-electron chi connectivity index (χ2n) is 5.05. The molecule has 0 aliphatic heterocycles. The van der Waals surface area contributed by atoms with E-state index in [4.69, 9.17) is 4.74 Å². The van der Waals surface area contributed by atoms with Crippen LogP contribution in [0.15, 0.2) is 18.2 Å². The molecule has 0 aliphatic carbocycles. The zero-order chi connectivity index (χ0) is 14.3. The molecule has 0 amide bonds. The number of hydrogen-bond donors (Lipinski definition) is 2. The molecule has 2 N–H and O–H groups in total. The average molecular weight is 283 g/mol. The third-order valence-electron chi connectivity index (χ3n) is 2.76. The fourth-order valence-corrected chi connectivity index (χ4v) is 2.53. The Bertz CT molecular complexity index is 364. The van der Waals surface area contributed by atoms with Crippen LogP contribution < -0.4 is 10.1 Å². The van der Waals surface area contributed by atoms with E-state index < -0.39 is 6.10 Å². The van der Waals surface area contributed by atoms with E-state index in [-0.39, 0.29) is 0 Å². The number of rotatable bonds is 8. The minimum Gasteiger partial charge on any atom is -0.491 e. The lowest BCUT2D eigenvalue weighted by atomic mass is 10.1. The highest BCUT2D eigenvalue weighted by molar-refractivity contribution is 7.98. The molecule has 0 aliphatic rings. The Labute approximate surface area is 120 Å². The second kappa shape index (κ2) is 8.46. The summed E-state index contributed by atoms with van der Waals surface area (Å²) in [5.74, 6) is 1.87. The van der Waals surface area contributed by atoms with Gasteiger partial charge >= 0.3 is 0 Å². The average Bonchev–Trinajstić information content (AvgIpc) is 2.33. The molecule has 0 saturated carbocycles. The third-order valence-corrected chi connectivity index (χ3v) is 3.59. The van der Waals surface area contributed by atoms with Gasteiger partial charge in [0.15, 0.2) is 0 Å². The maximum Gasteiger partial charge on any atom is 0.119 e. The molecule has 19 heavy (non-hydrogen) atoms. The summed E-state index contributed by atoms with van der Waals surface area (Å²) in [6.45, 7) is 7.09. The number of benzene rings is 1. The molecule has 1 rings (SSSR count). The first-order chi connectivity index (χ1) is 9.01. The van der Waals surface area contributed by atoms with Crippen LogP contribution in [0.2, 0.25) is 0 Å². The molecule has 0 saturated heterocycles. The number of thioether (sulfide) groups is 1. The molecule has 108 valence electrons. The number of aryl methyl sites for hydroxylation is 2. The van der Waals surface area contributed by atoms with Gasteiger partial charge in [0.2, 0.25) is 0 Å². The van der Waals surface area contributed by atoms with Gasteiger partial charge in [0.1, 0.15) is 18.5 Å². The molecule has 1 aromatic carbocycles. The first-order valence-corrected chi connectivity index (χ1v) is 8.02. The summed E-state index contributed by atoms with van der Waals surface area (Å²) in [6.07, 6.45) is 1.60. The molecule has 3 nitrogen and oxygen atoms in total. The molecule has 0 radical (unpaired) electrons. The van der Waals surface area contributed by atoms with Gasteiger partial charge in [-0.3, -0.25) is 0 Å². The maximum atomic E-state index is 9.87. The van der Waals surface area contributed by atoms with Gasteiger partial charge in [-0.05, 0) is 50.3 Å². The molecular formula is C15H25NO2S. The molecule has 0 bridgehead atoms. The zero-order valence-electron chi connectivity index (χ0n) is 12.3. The first-order valence-electron chi connectivity index (χ1n) is 6.62. The van der Waals surface area contributed by atoms with E-state index in [1.165, 1.54) is 11.1 Å². The van der Waals surface area contributed by atoms with Crippen molar-refractivity contribution < 1.29 is 9.84 Å². The summed E-state index contributed by atoms with van der Waals surface area (Å²) in [5, 5.41) is 13.2. The Morgan fingerprint density at radius 1 is 1.26 bits per heavy atom. The lowest BCUT2D eigenvalue weighted by Gasteiger charge is -2.17. The van der Waals surface area contributed by atoms with Crippen molar-refractivity contribution in [1.29, 1.82) is 0 Å². The van der Waals surface area contributed by atoms with Crippen LogP contribution in [0.5, 0.6) is 5.75 Å². The van der Waals surface area contributed by atoms with Gasteiger partial charge in [-0.2, -0.15) is 11.8 Å². The van der Waals surface area contributed by atoms with Crippen LogP contribution in [0.4, 0.5) is 0 Å². The summed E-state index contributed by atoms with van der Waals surface area (Å²) in [6, 6.07) is 6.49. The van der Waals surface area contributed by atoms with E-state index in [1.807, 2.05) is 26.0 Å². The van der Waals surface area contributed by atoms with Crippen molar-refractivity contribution in [2.24, 2.45) is 0 Å². The van der Waals surface area contributed by atoms with Crippen LogP contribution in [0.1, 0.15) is 18.1 Å². The highest BCUT2D eigenvalue weighted by Gasteiger charge is 2.08. The minimum absolute atomic E-state index is 0.321. The van der Waals surface area contributed by atoms with Gasteiger partial charge in [-0.1, -0.05) is 6.07 Å².